The smallest absolute Gasteiger partial charge is 0.241 e. The predicted octanol–water partition coefficient (Wildman–Crippen LogP) is 1.44. The minimum atomic E-state index is -0.469. The highest BCUT2D eigenvalue weighted by Crippen LogP contribution is 2.10. The number of hydrazine groups is 1. The lowest BCUT2D eigenvalue weighted by Crippen LogP contribution is -2.39. The van der Waals surface area contributed by atoms with E-state index in [2.05, 4.69) is 10.5 Å². The Morgan fingerprint density at radius 2 is 2.40 bits per heavy atom. The standard InChI is InChI=1S/C7H9Cl3N4O/c1-2-13(4-6(9)15)7-3-5(8)11-14(10)12-7/h3,11H,2,4H2,1H3. The second-order valence-corrected chi connectivity index (χ2v) is 3.84. The van der Waals surface area contributed by atoms with Gasteiger partial charge in [-0.2, -0.15) is 0 Å². The zero-order valence-corrected chi connectivity index (χ0v) is 10.1. The fourth-order valence-corrected chi connectivity index (χ4v) is 1.57. The molecule has 1 N–H and O–H groups in total. The van der Waals surface area contributed by atoms with E-state index in [1.54, 1.807) is 11.0 Å². The van der Waals surface area contributed by atoms with Gasteiger partial charge in [-0.05, 0) is 18.5 Å². The Balaban J connectivity index is 2.79. The first kappa shape index (κ1) is 12.4. The molecule has 0 fully saturated rings. The fourth-order valence-electron chi connectivity index (χ4n) is 1.04. The van der Waals surface area contributed by atoms with E-state index in [1.165, 1.54) is 0 Å². The lowest BCUT2D eigenvalue weighted by molar-refractivity contribution is -0.112. The molecule has 0 bridgehead atoms. The Bertz CT molecular complexity index is 317. The van der Waals surface area contributed by atoms with Crippen molar-refractivity contribution in [2.75, 3.05) is 13.1 Å². The summed E-state index contributed by atoms with van der Waals surface area (Å²) >= 11 is 16.6. The van der Waals surface area contributed by atoms with Crippen LogP contribution in [0.5, 0.6) is 0 Å². The van der Waals surface area contributed by atoms with E-state index in [1.807, 2.05) is 6.92 Å². The van der Waals surface area contributed by atoms with E-state index in [9.17, 15) is 4.79 Å². The van der Waals surface area contributed by atoms with Crippen molar-refractivity contribution in [1.82, 2.24) is 15.0 Å². The highest BCUT2D eigenvalue weighted by atomic mass is 35.5. The summed E-state index contributed by atoms with van der Waals surface area (Å²) < 4.78 is 0.943. The largest absolute Gasteiger partial charge is 0.347 e. The van der Waals surface area contributed by atoms with Gasteiger partial charge in [0.25, 0.3) is 0 Å². The molecule has 15 heavy (non-hydrogen) atoms. The molecule has 0 unspecified atom stereocenters. The molecule has 0 aliphatic carbocycles. The number of carbonyl (C=O) groups is 1. The maximum atomic E-state index is 10.8. The minimum Gasteiger partial charge on any atom is -0.347 e. The summed E-state index contributed by atoms with van der Waals surface area (Å²) in [4.78, 5) is 12.4. The van der Waals surface area contributed by atoms with E-state index in [0.29, 0.717) is 17.5 Å². The van der Waals surface area contributed by atoms with Crippen LogP contribution in [0.2, 0.25) is 0 Å². The van der Waals surface area contributed by atoms with Crippen molar-refractivity contribution in [2.24, 2.45) is 5.10 Å². The molecule has 0 aromatic heterocycles. The molecular formula is C7H9Cl3N4O. The molecule has 1 aliphatic rings. The van der Waals surface area contributed by atoms with Crippen molar-refractivity contribution in [1.29, 1.82) is 0 Å². The number of amidine groups is 1. The first-order valence-electron chi connectivity index (χ1n) is 4.14. The molecule has 1 aliphatic heterocycles. The number of nitrogens with one attached hydrogen (secondary N) is 1. The molecule has 0 aromatic carbocycles. The summed E-state index contributed by atoms with van der Waals surface area (Å²) in [5.41, 5.74) is 2.53. The van der Waals surface area contributed by atoms with Gasteiger partial charge in [-0.1, -0.05) is 11.6 Å². The normalized spacial score (nSPS) is 15.3. The van der Waals surface area contributed by atoms with Gasteiger partial charge in [-0.15, -0.1) is 9.74 Å². The first-order valence-corrected chi connectivity index (χ1v) is 5.24. The maximum absolute atomic E-state index is 10.8. The minimum absolute atomic E-state index is 0.0578. The van der Waals surface area contributed by atoms with Crippen molar-refractivity contribution in [2.45, 2.75) is 6.92 Å². The summed E-state index contributed by atoms with van der Waals surface area (Å²) in [7, 11) is 0. The van der Waals surface area contributed by atoms with Crippen LogP contribution in [-0.2, 0) is 4.79 Å². The molecule has 0 atom stereocenters. The van der Waals surface area contributed by atoms with Crippen LogP contribution in [0.3, 0.4) is 0 Å². The van der Waals surface area contributed by atoms with Crippen LogP contribution >= 0.6 is 35.0 Å². The number of likely N-dealkylation sites (N-methyl/N-ethyl adjacent to an activating group) is 1. The number of halogens is 3. The number of hydrogen-bond acceptors (Lipinski definition) is 5. The Labute approximate surface area is 102 Å². The third kappa shape index (κ3) is 3.77. The van der Waals surface area contributed by atoms with E-state index in [-0.39, 0.29) is 6.54 Å². The maximum Gasteiger partial charge on any atom is 0.241 e. The van der Waals surface area contributed by atoms with Crippen LogP contribution in [0.25, 0.3) is 0 Å². The third-order valence-electron chi connectivity index (χ3n) is 1.67. The third-order valence-corrected chi connectivity index (χ3v) is 2.14. The topological polar surface area (TPSA) is 47.9 Å². The van der Waals surface area contributed by atoms with E-state index >= 15 is 0 Å². The Morgan fingerprint density at radius 3 is 2.87 bits per heavy atom. The van der Waals surface area contributed by atoms with Gasteiger partial charge in [0.05, 0.1) is 18.3 Å². The van der Waals surface area contributed by atoms with Gasteiger partial charge >= 0.3 is 0 Å². The van der Waals surface area contributed by atoms with Gasteiger partial charge in [-0.3, -0.25) is 10.2 Å². The number of carbonyl (C=O) groups excluding carboxylic acids is 1. The second-order valence-electron chi connectivity index (χ2n) is 2.69. The summed E-state index contributed by atoms with van der Waals surface area (Å²) in [6, 6.07) is 0. The fraction of sp³-hybridized carbons (Fsp3) is 0.429. The molecule has 8 heteroatoms. The molecule has 5 nitrogen and oxygen atoms in total. The second kappa shape index (κ2) is 5.44. The number of rotatable bonds is 3. The highest BCUT2D eigenvalue weighted by Gasteiger charge is 2.16. The zero-order chi connectivity index (χ0) is 11.4. The van der Waals surface area contributed by atoms with Crippen LogP contribution in [0.15, 0.2) is 16.3 Å². The lowest BCUT2D eigenvalue weighted by atomic mass is 10.4. The average molecular weight is 272 g/mol. The molecule has 0 spiro atoms. The molecule has 0 saturated heterocycles. The summed E-state index contributed by atoms with van der Waals surface area (Å²) in [6.07, 6.45) is 1.56. The van der Waals surface area contributed by atoms with Gasteiger partial charge in [-0.25, -0.2) is 0 Å². The van der Waals surface area contributed by atoms with Crippen molar-refractivity contribution in [3.05, 3.63) is 11.2 Å². The monoisotopic (exact) mass is 270 g/mol. The summed E-state index contributed by atoms with van der Waals surface area (Å²) in [6.45, 7) is 2.50. The molecule has 0 saturated carbocycles. The molecule has 0 aromatic rings. The van der Waals surface area contributed by atoms with Gasteiger partial charge < -0.3 is 4.90 Å². The van der Waals surface area contributed by atoms with Gasteiger partial charge in [0.2, 0.25) is 5.24 Å². The summed E-state index contributed by atoms with van der Waals surface area (Å²) in [5, 5.41) is 3.76. The highest BCUT2D eigenvalue weighted by molar-refractivity contribution is 6.64. The Morgan fingerprint density at radius 1 is 1.73 bits per heavy atom. The van der Waals surface area contributed by atoms with Gasteiger partial charge in [0.15, 0.2) is 5.84 Å². The molecular weight excluding hydrogens is 262 g/mol. The van der Waals surface area contributed by atoms with E-state index < -0.39 is 5.24 Å². The first-order chi connectivity index (χ1) is 7.02. The number of hydrogen-bond donors (Lipinski definition) is 1. The molecule has 0 radical (unpaired) electrons. The predicted molar refractivity (Wildman–Crippen MR) is 60.3 cm³/mol. The van der Waals surface area contributed by atoms with Crippen molar-refractivity contribution in [3.8, 4) is 0 Å². The number of nitrogens with zero attached hydrogens (tertiary/aromatic N) is 3. The number of hydrazone groups is 1. The van der Waals surface area contributed by atoms with Crippen molar-refractivity contribution in [3.63, 3.8) is 0 Å². The van der Waals surface area contributed by atoms with Crippen LogP contribution in [0.1, 0.15) is 6.92 Å². The Hall–Kier alpha value is -0.650. The molecule has 1 heterocycles. The van der Waals surface area contributed by atoms with E-state index in [4.69, 9.17) is 35.0 Å². The van der Waals surface area contributed by atoms with Gasteiger partial charge in [0, 0.05) is 12.6 Å². The van der Waals surface area contributed by atoms with Crippen molar-refractivity contribution < 1.29 is 4.79 Å². The SMILES string of the molecule is CCN(CC(=O)Cl)C1=NN(Cl)NC(Cl)=C1. The van der Waals surface area contributed by atoms with Crippen LogP contribution < -0.4 is 5.43 Å². The van der Waals surface area contributed by atoms with Crippen LogP contribution in [0, 0.1) is 0 Å². The Kier molecular flexibility index (Phi) is 4.50. The van der Waals surface area contributed by atoms with Crippen LogP contribution in [0.4, 0.5) is 0 Å². The van der Waals surface area contributed by atoms with Crippen molar-refractivity contribution >= 4 is 46.1 Å². The van der Waals surface area contributed by atoms with Gasteiger partial charge in [0.1, 0.15) is 5.16 Å². The average Bonchev–Trinajstić information content (AvgIpc) is 2.12. The van der Waals surface area contributed by atoms with Crippen LogP contribution in [-0.4, -0.2) is 33.7 Å². The summed E-state index contributed by atoms with van der Waals surface area (Å²) in [5.74, 6) is 0.477. The molecule has 84 valence electrons. The quantitative estimate of drug-likeness (QED) is 0.479. The lowest BCUT2D eigenvalue weighted by Gasteiger charge is -2.25. The van der Waals surface area contributed by atoms with E-state index in [0.717, 1.165) is 4.64 Å². The zero-order valence-electron chi connectivity index (χ0n) is 7.88. The molecule has 1 rings (SSSR count). The molecule has 0 amide bonds.